The molecule has 0 aromatic rings. The Morgan fingerprint density at radius 1 is 1.33 bits per heavy atom. The van der Waals surface area contributed by atoms with Gasteiger partial charge in [-0.05, 0) is 26.7 Å². The van der Waals surface area contributed by atoms with Crippen molar-refractivity contribution in [3.8, 4) is 0 Å². The Morgan fingerprint density at radius 2 is 1.90 bits per heavy atom. The van der Waals surface area contributed by atoms with E-state index in [1.165, 1.54) is 6.08 Å². The van der Waals surface area contributed by atoms with Crippen LogP contribution in [0.2, 0.25) is 0 Å². The predicted molar refractivity (Wildman–Crippen MR) is 79.8 cm³/mol. The molecule has 21 heavy (non-hydrogen) atoms. The molecule has 0 aliphatic carbocycles. The summed E-state index contributed by atoms with van der Waals surface area (Å²) >= 11 is 0. The number of carbonyl (C=O) groups excluding carboxylic acids is 2. The second kappa shape index (κ2) is 8.67. The van der Waals surface area contributed by atoms with Gasteiger partial charge < -0.3 is 19.9 Å². The maximum Gasteiger partial charge on any atom is 0.407 e. The first kappa shape index (κ1) is 19.4. The van der Waals surface area contributed by atoms with Crippen LogP contribution in [-0.2, 0) is 14.3 Å². The van der Waals surface area contributed by atoms with Gasteiger partial charge >= 0.3 is 12.1 Å². The van der Waals surface area contributed by atoms with Crippen LogP contribution in [0.25, 0.3) is 0 Å². The van der Waals surface area contributed by atoms with Crippen LogP contribution in [0.15, 0.2) is 12.7 Å². The zero-order valence-electron chi connectivity index (χ0n) is 13.5. The molecule has 0 spiro atoms. The van der Waals surface area contributed by atoms with Crippen molar-refractivity contribution in [2.45, 2.75) is 58.8 Å². The highest BCUT2D eigenvalue weighted by atomic mass is 16.6. The minimum absolute atomic E-state index is 0.0697. The van der Waals surface area contributed by atoms with Crippen LogP contribution < -0.4 is 5.32 Å². The molecule has 0 aliphatic heterocycles. The van der Waals surface area contributed by atoms with Crippen molar-refractivity contribution in [2.24, 2.45) is 5.92 Å². The van der Waals surface area contributed by atoms with Gasteiger partial charge in [0.15, 0.2) is 0 Å². The molecule has 6 heteroatoms. The first-order valence-electron chi connectivity index (χ1n) is 7.01. The number of alkyl carbamates (subject to hydrolysis) is 1. The van der Waals surface area contributed by atoms with E-state index >= 15 is 0 Å². The minimum Gasteiger partial charge on any atom is -0.461 e. The molecule has 0 aromatic heterocycles. The van der Waals surface area contributed by atoms with Crippen molar-refractivity contribution in [3.63, 3.8) is 0 Å². The minimum atomic E-state index is -1.05. The van der Waals surface area contributed by atoms with Crippen LogP contribution in [0.5, 0.6) is 0 Å². The molecule has 2 N–H and O–H groups in total. The number of nitrogens with one attached hydrogen (secondary N) is 1. The number of esters is 1. The van der Waals surface area contributed by atoms with Crippen LogP contribution in [0.4, 0.5) is 4.79 Å². The van der Waals surface area contributed by atoms with E-state index in [1.807, 2.05) is 13.8 Å². The molecular weight excluding hydrogens is 274 g/mol. The van der Waals surface area contributed by atoms with E-state index in [4.69, 9.17) is 9.47 Å². The Bertz CT molecular complexity index is 360. The van der Waals surface area contributed by atoms with Crippen molar-refractivity contribution in [1.29, 1.82) is 0 Å². The number of rotatable bonds is 7. The van der Waals surface area contributed by atoms with Crippen LogP contribution in [0.3, 0.4) is 0 Å². The normalized spacial score (nSPS) is 14.2. The molecule has 0 fully saturated rings. The predicted octanol–water partition coefficient (Wildman–Crippen LogP) is 2.02. The molecule has 0 radical (unpaired) electrons. The van der Waals surface area contributed by atoms with E-state index in [0.29, 0.717) is 0 Å². The number of aliphatic hydroxyl groups excluding tert-OH is 1. The standard InChI is InChI=1S/C15H27NO5/c1-7-8-20-12(18)9-11(17)13(10(2)3)16-14(19)21-15(4,5)6/h7,10-11,13,17H,1,8-9H2,2-6H3,(H,16,19)/t11-,13-/m0/s1. The molecule has 0 unspecified atom stereocenters. The Balaban J connectivity index is 4.56. The smallest absolute Gasteiger partial charge is 0.407 e. The van der Waals surface area contributed by atoms with Gasteiger partial charge in [-0.3, -0.25) is 4.79 Å². The average molecular weight is 301 g/mol. The van der Waals surface area contributed by atoms with Gasteiger partial charge in [-0.1, -0.05) is 26.5 Å². The van der Waals surface area contributed by atoms with Crippen LogP contribution in [0, 0.1) is 5.92 Å². The SMILES string of the molecule is C=CCOC(=O)C[C@H](O)[C@@H](NC(=O)OC(C)(C)C)C(C)C. The summed E-state index contributed by atoms with van der Waals surface area (Å²) in [6.07, 6.45) is -0.426. The molecule has 0 bridgehead atoms. The summed E-state index contributed by atoms with van der Waals surface area (Å²) in [6.45, 7) is 12.4. The number of carbonyl (C=O) groups is 2. The van der Waals surface area contributed by atoms with E-state index in [2.05, 4.69) is 11.9 Å². The summed E-state index contributed by atoms with van der Waals surface area (Å²) in [5, 5.41) is 12.7. The molecule has 0 aliphatic rings. The summed E-state index contributed by atoms with van der Waals surface area (Å²) in [7, 11) is 0. The summed E-state index contributed by atoms with van der Waals surface area (Å²) in [5.41, 5.74) is -0.626. The monoisotopic (exact) mass is 301 g/mol. The summed E-state index contributed by atoms with van der Waals surface area (Å²) in [6, 6.07) is -0.601. The quantitative estimate of drug-likeness (QED) is 0.555. The molecule has 0 aromatic carbocycles. The maximum atomic E-state index is 11.8. The van der Waals surface area contributed by atoms with Gasteiger partial charge in [-0.2, -0.15) is 0 Å². The van der Waals surface area contributed by atoms with Crippen molar-refractivity contribution in [3.05, 3.63) is 12.7 Å². The fraction of sp³-hybridized carbons (Fsp3) is 0.733. The Kier molecular flexibility index (Phi) is 8.02. The molecule has 1 amide bonds. The number of ether oxygens (including phenoxy) is 2. The maximum absolute atomic E-state index is 11.8. The Morgan fingerprint density at radius 3 is 2.33 bits per heavy atom. The number of aliphatic hydroxyl groups is 1. The third-order valence-electron chi connectivity index (χ3n) is 2.55. The van der Waals surface area contributed by atoms with Crippen molar-refractivity contribution in [2.75, 3.05) is 6.61 Å². The van der Waals surface area contributed by atoms with Gasteiger partial charge in [0.25, 0.3) is 0 Å². The molecule has 0 saturated heterocycles. The highest BCUT2D eigenvalue weighted by Crippen LogP contribution is 2.13. The van der Waals surface area contributed by atoms with Crippen molar-refractivity contribution < 1.29 is 24.2 Å². The van der Waals surface area contributed by atoms with Crippen LogP contribution in [0.1, 0.15) is 41.0 Å². The summed E-state index contributed by atoms with van der Waals surface area (Å²) in [4.78, 5) is 23.2. The second-order valence-corrected chi connectivity index (χ2v) is 6.16. The van der Waals surface area contributed by atoms with Gasteiger partial charge in [0.1, 0.15) is 12.2 Å². The number of amides is 1. The Labute approximate surface area is 126 Å². The zero-order chi connectivity index (χ0) is 16.6. The molecule has 2 atom stereocenters. The van der Waals surface area contributed by atoms with Crippen molar-refractivity contribution >= 4 is 12.1 Å². The first-order chi connectivity index (χ1) is 9.56. The molecule has 122 valence electrons. The van der Waals surface area contributed by atoms with Crippen LogP contribution in [-0.4, -0.2) is 41.5 Å². The van der Waals surface area contributed by atoms with Gasteiger partial charge in [0.2, 0.25) is 0 Å². The van der Waals surface area contributed by atoms with Crippen molar-refractivity contribution in [1.82, 2.24) is 5.32 Å². The van der Waals surface area contributed by atoms with Gasteiger partial charge in [-0.15, -0.1) is 0 Å². The van der Waals surface area contributed by atoms with E-state index < -0.39 is 29.8 Å². The number of hydrogen-bond acceptors (Lipinski definition) is 5. The zero-order valence-corrected chi connectivity index (χ0v) is 13.5. The largest absolute Gasteiger partial charge is 0.461 e. The lowest BCUT2D eigenvalue weighted by atomic mass is 9.96. The van der Waals surface area contributed by atoms with E-state index in [-0.39, 0.29) is 18.9 Å². The third kappa shape index (κ3) is 9.07. The fourth-order valence-electron chi connectivity index (χ4n) is 1.66. The van der Waals surface area contributed by atoms with E-state index in [0.717, 1.165) is 0 Å². The molecule has 0 saturated carbocycles. The lowest BCUT2D eigenvalue weighted by molar-refractivity contribution is -0.145. The van der Waals surface area contributed by atoms with Gasteiger partial charge in [-0.25, -0.2) is 4.79 Å². The second-order valence-electron chi connectivity index (χ2n) is 6.16. The van der Waals surface area contributed by atoms with E-state index in [1.54, 1.807) is 20.8 Å². The highest BCUT2D eigenvalue weighted by Gasteiger charge is 2.28. The summed E-state index contributed by atoms with van der Waals surface area (Å²) < 4.78 is 9.96. The highest BCUT2D eigenvalue weighted by molar-refractivity contribution is 5.71. The molecule has 0 rings (SSSR count). The molecular formula is C15H27NO5. The van der Waals surface area contributed by atoms with Gasteiger partial charge in [0.05, 0.1) is 18.6 Å². The van der Waals surface area contributed by atoms with E-state index in [9.17, 15) is 14.7 Å². The topological polar surface area (TPSA) is 84.9 Å². The Hall–Kier alpha value is -1.56. The van der Waals surface area contributed by atoms with Gasteiger partial charge in [0, 0.05) is 0 Å². The third-order valence-corrected chi connectivity index (χ3v) is 2.55. The molecule has 0 heterocycles. The first-order valence-corrected chi connectivity index (χ1v) is 7.01. The fourth-order valence-corrected chi connectivity index (χ4v) is 1.66. The summed E-state index contributed by atoms with van der Waals surface area (Å²) in [5.74, 6) is -0.612. The number of hydrogen-bond donors (Lipinski definition) is 2. The average Bonchev–Trinajstić information content (AvgIpc) is 2.30. The lowest BCUT2D eigenvalue weighted by Gasteiger charge is -2.28. The lowest BCUT2D eigenvalue weighted by Crippen LogP contribution is -2.49. The molecule has 6 nitrogen and oxygen atoms in total. The van der Waals surface area contributed by atoms with Crippen LogP contribution >= 0.6 is 0 Å².